The van der Waals surface area contributed by atoms with E-state index < -0.39 is 23.6 Å². The van der Waals surface area contributed by atoms with Gasteiger partial charge in [-0.25, -0.2) is 4.79 Å². The molecule has 0 fully saturated rings. The van der Waals surface area contributed by atoms with E-state index in [1.807, 2.05) is 0 Å². The van der Waals surface area contributed by atoms with E-state index in [-0.39, 0.29) is 0 Å². The van der Waals surface area contributed by atoms with Crippen molar-refractivity contribution >= 4 is 17.8 Å². The number of carbonyl (C=O) groups excluding carboxylic acids is 1. The van der Waals surface area contributed by atoms with E-state index in [0.717, 1.165) is 0 Å². The topological polar surface area (TPSA) is 76.0 Å². The molecule has 0 heterocycles. The summed E-state index contributed by atoms with van der Waals surface area (Å²) >= 11 is 0. The van der Waals surface area contributed by atoms with E-state index in [1.54, 1.807) is 27.7 Å². The van der Waals surface area contributed by atoms with Gasteiger partial charge in [0.1, 0.15) is 5.60 Å². The Bertz CT molecular complexity index is 302. The van der Waals surface area contributed by atoms with Crippen molar-refractivity contribution in [2.75, 3.05) is 0 Å². The van der Waals surface area contributed by atoms with Crippen molar-refractivity contribution in [3.63, 3.8) is 0 Å². The van der Waals surface area contributed by atoms with Crippen LogP contribution in [0.4, 0.5) is 4.79 Å². The lowest BCUT2D eigenvalue weighted by Gasteiger charge is -2.18. The maximum atomic E-state index is 11.4. The van der Waals surface area contributed by atoms with Crippen LogP contribution in [0, 0.1) is 5.92 Å². The number of nitrogens with zero attached hydrogens (tertiary/aromatic N) is 1. The van der Waals surface area contributed by atoms with E-state index in [0.29, 0.717) is 12.1 Å². The monoisotopic (exact) mass is 229 g/mol. The highest BCUT2D eigenvalue weighted by Crippen LogP contribution is 2.10. The zero-order chi connectivity index (χ0) is 12.9. The third kappa shape index (κ3) is 5.48. The number of hydrogen-bond donors (Lipinski definition) is 1. The third-order valence-corrected chi connectivity index (χ3v) is 1.86. The molecule has 1 atom stereocenters. The number of aliphatic imine (C=N–C) groups is 1. The zero-order valence-corrected chi connectivity index (χ0v) is 10.4. The van der Waals surface area contributed by atoms with Crippen LogP contribution in [0.2, 0.25) is 0 Å². The Hall–Kier alpha value is -1.39. The van der Waals surface area contributed by atoms with Gasteiger partial charge in [-0.1, -0.05) is 6.92 Å². The molecule has 0 saturated carbocycles. The van der Waals surface area contributed by atoms with Gasteiger partial charge in [0.05, 0.1) is 5.92 Å². The SMILES string of the molecule is CCC(=NC(=O)OC(C)(C)C)C(C)C(=O)O. The maximum absolute atomic E-state index is 11.4. The summed E-state index contributed by atoms with van der Waals surface area (Å²) in [5.74, 6) is -1.76. The lowest BCUT2D eigenvalue weighted by molar-refractivity contribution is -0.138. The number of carbonyl (C=O) groups is 2. The molecule has 0 aromatic rings. The third-order valence-electron chi connectivity index (χ3n) is 1.86. The summed E-state index contributed by atoms with van der Waals surface area (Å²) < 4.78 is 4.98. The number of ether oxygens (including phenoxy) is 1. The lowest BCUT2D eigenvalue weighted by Crippen LogP contribution is -2.25. The number of carboxylic acids is 1. The minimum absolute atomic E-state index is 0.321. The largest absolute Gasteiger partial charge is 0.481 e. The first-order chi connectivity index (χ1) is 7.17. The minimum Gasteiger partial charge on any atom is -0.481 e. The van der Waals surface area contributed by atoms with Crippen molar-refractivity contribution < 1.29 is 19.4 Å². The lowest BCUT2D eigenvalue weighted by atomic mass is 10.0. The number of amides is 1. The molecule has 92 valence electrons. The summed E-state index contributed by atoms with van der Waals surface area (Å²) in [6.07, 6.45) is -0.329. The first kappa shape index (κ1) is 14.6. The molecule has 0 spiro atoms. The molecular weight excluding hydrogens is 210 g/mol. The van der Waals surface area contributed by atoms with Crippen molar-refractivity contribution in [3.8, 4) is 0 Å². The van der Waals surface area contributed by atoms with Crippen LogP contribution in [-0.2, 0) is 9.53 Å². The highest BCUT2D eigenvalue weighted by molar-refractivity contribution is 6.04. The highest BCUT2D eigenvalue weighted by Gasteiger charge is 2.20. The summed E-state index contributed by atoms with van der Waals surface area (Å²) in [5, 5.41) is 8.80. The van der Waals surface area contributed by atoms with Gasteiger partial charge in [0.15, 0.2) is 0 Å². The van der Waals surface area contributed by atoms with Crippen LogP contribution in [0.5, 0.6) is 0 Å². The molecule has 5 heteroatoms. The zero-order valence-electron chi connectivity index (χ0n) is 10.4. The summed E-state index contributed by atoms with van der Waals surface area (Å²) in [4.78, 5) is 25.8. The Balaban J connectivity index is 4.71. The van der Waals surface area contributed by atoms with E-state index in [2.05, 4.69) is 4.99 Å². The summed E-state index contributed by atoms with van der Waals surface area (Å²) in [6.45, 7) is 8.43. The van der Waals surface area contributed by atoms with Gasteiger partial charge in [-0.3, -0.25) is 4.79 Å². The van der Waals surface area contributed by atoms with Gasteiger partial charge in [-0.15, -0.1) is 0 Å². The first-order valence-corrected chi connectivity index (χ1v) is 5.20. The van der Waals surface area contributed by atoms with E-state index in [9.17, 15) is 9.59 Å². The van der Waals surface area contributed by atoms with E-state index >= 15 is 0 Å². The van der Waals surface area contributed by atoms with Gasteiger partial charge in [0.25, 0.3) is 0 Å². The van der Waals surface area contributed by atoms with Gasteiger partial charge in [0, 0.05) is 5.71 Å². The van der Waals surface area contributed by atoms with Crippen molar-refractivity contribution in [2.24, 2.45) is 10.9 Å². The van der Waals surface area contributed by atoms with Gasteiger partial charge < -0.3 is 9.84 Å². The van der Waals surface area contributed by atoms with E-state index in [1.165, 1.54) is 6.92 Å². The average molecular weight is 229 g/mol. The number of carboxylic acid groups (broad SMARTS) is 1. The van der Waals surface area contributed by atoms with E-state index in [4.69, 9.17) is 9.84 Å². The Kier molecular flexibility index (Phi) is 5.14. The van der Waals surface area contributed by atoms with Gasteiger partial charge in [0.2, 0.25) is 0 Å². The van der Waals surface area contributed by atoms with Crippen LogP contribution < -0.4 is 0 Å². The van der Waals surface area contributed by atoms with Crippen molar-refractivity contribution in [1.82, 2.24) is 0 Å². The molecular formula is C11H19NO4. The van der Waals surface area contributed by atoms with Crippen LogP contribution >= 0.6 is 0 Å². The number of hydrogen-bond acceptors (Lipinski definition) is 3. The molecule has 0 aromatic heterocycles. The fraction of sp³-hybridized carbons (Fsp3) is 0.727. The minimum atomic E-state index is -0.996. The standard InChI is InChI=1S/C11H19NO4/c1-6-8(7(2)9(13)14)12-10(15)16-11(3,4)5/h7H,6H2,1-5H3,(H,13,14). The fourth-order valence-electron chi connectivity index (χ4n) is 1.03. The first-order valence-electron chi connectivity index (χ1n) is 5.20. The molecule has 16 heavy (non-hydrogen) atoms. The molecule has 0 rings (SSSR count). The van der Waals surface area contributed by atoms with Crippen LogP contribution in [0.15, 0.2) is 4.99 Å². The Labute approximate surface area is 95.5 Å². The molecule has 0 aliphatic rings. The molecule has 0 aromatic carbocycles. The number of rotatable bonds is 3. The Morgan fingerprint density at radius 2 is 1.88 bits per heavy atom. The Morgan fingerprint density at radius 3 is 2.19 bits per heavy atom. The molecule has 1 unspecified atom stereocenters. The molecule has 0 aliphatic carbocycles. The molecule has 0 radical (unpaired) electrons. The second-order valence-corrected chi connectivity index (χ2v) is 4.50. The fourth-order valence-corrected chi connectivity index (χ4v) is 1.03. The highest BCUT2D eigenvalue weighted by atomic mass is 16.6. The predicted molar refractivity (Wildman–Crippen MR) is 60.8 cm³/mol. The van der Waals surface area contributed by atoms with Crippen LogP contribution in [0.3, 0.4) is 0 Å². The van der Waals surface area contributed by atoms with Crippen molar-refractivity contribution in [3.05, 3.63) is 0 Å². The molecule has 1 amide bonds. The van der Waals surface area contributed by atoms with Crippen molar-refractivity contribution in [1.29, 1.82) is 0 Å². The average Bonchev–Trinajstić information content (AvgIpc) is 2.09. The van der Waals surface area contributed by atoms with Gasteiger partial charge in [-0.2, -0.15) is 4.99 Å². The molecule has 0 aliphatic heterocycles. The summed E-state index contributed by atoms with van der Waals surface area (Å²) in [7, 11) is 0. The molecule has 0 saturated heterocycles. The summed E-state index contributed by atoms with van der Waals surface area (Å²) in [6, 6.07) is 0. The van der Waals surface area contributed by atoms with Gasteiger partial charge >= 0.3 is 12.1 Å². The second kappa shape index (κ2) is 5.63. The predicted octanol–water partition coefficient (Wildman–Crippen LogP) is 2.49. The van der Waals surface area contributed by atoms with Gasteiger partial charge in [-0.05, 0) is 34.1 Å². The van der Waals surface area contributed by atoms with Crippen LogP contribution in [0.1, 0.15) is 41.0 Å². The normalized spacial score (nSPS) is 14.4. The molecule has 0 bridgehead atoms. The number of aliphatic carboxylic acids is 1. The molecule has 1 N–H and O–H groups in total. The summed E-state index contributed by atoms with van der Waals surface area (Å²) in [5.41, 5.74) is -0.298. The van der Waals surface area contributed by atoms with Crippen molar-refractivity contribution in [2.45, 2.75) is 46.6 Å². The Morgan fingerprint density at radius 1 is 1.38 bits per heavy atom. The van der Waals surface area contributed by atoms with Crippen LogP contribution in [-0.4, -0.2) is 28.5 Å². The maximum Gasteiger partial charge on any atom is 0.434 e. The second-order valence-electron chi connectivity index (χ2n) is 4.50. The smallest absolute Gasteiger partial charge is 0.434 e. The quantitative estimate of drug-likeness (QED) is 0.754. The molecule has 5 nitrogen and oxygen atoms in total. The van der Waals surface area contributed by atoms with Crippen LogP contribution in [0.25, 0.3) is 0 Å².